The average Bonchev–Trinajstić information content (AvgIpc) is 2.45. The SMILES string of the molecule is CC(C)N1CCN(Cc2cc(F)cc(C#CCN)c2)CC1. The molecular weight excluding hydrogens is 265 g/mol. The molecule has 114 valence electrons. The van der Waals surface area contributed by atoms with E-state index in [9.17, 15) is 4.39 Å². The van der Waals surface area contributed by atoms with Crippen LogP contribution in [0.5, 0.6) is 0 Å². The maximum Gasteiger partial charge on any atom is 0.124 e. The molecule has 0 amide bonds. The van der Waals surface area contributed by atoms with Gasteiger partial charge in [-0.3, -0.25) is 9.80 Å². The van der Waals surface area contributed by atoms with E-state index in [-0.39, 0.29) is 5.82 Å². The first kappa shape index (κ1) is 16.0. The lowest BCUT2D eigenvalue weighted by Gasteiger charge is -2.36. The summed E-state index contributed by atoms with van der Waals surface area (Å²) in [4.78, 5) is 4.84. The van der Waals surface area contributed by atoms with E-state index in [4.69, 9.17) is 5.73 Å². The van der Waals surface area contributed by atoms with E-state index in [1.165, 1.54) is 6.07 Å². The highest BCUT2D eigenvalue weighted by molar-refractivity contribution is 5.38. The minimum absolute atomic E-state index is 0.227. The van der Waals surface area contributed by atoms with Gasteiger partial charge in [0, 0.05) is 44.3 Å². The first-order chi connectivity index (χ1) is 10.1. The van der Waals surface area contributed by atoms with E-state index in [2.05, 4.69) is 35.5 Å². The molecular formula is C17H24FN3. The zero-order valence-electron chi connectivity index (χ0n) is 12.9. The number of halogens is 1. The fraction of sp³-hybridized carbons (Fsp3) is 0.529. The Morgan fingerprint density at radius 3 is 2.52 bits per heavy atom. The van der Waals surface area contributed by atoms with Crippen molar-refractivity contribution in [2.24, 2.45) is 5.73 Å². The van der Waals surface area contributed by atoms with Gasteiger partial charge in [0.25, 0.3) is 0 Å². The summed E-state index contributed by atoms with van der Waals surface area (Å²) < 4.78 is 13.7. The second-order valence-electron chi connectivity index (χ2n) is 5.76. The molecule has 0 radical (unpaired) electrons. The number of hydrogen-bond acceptors (Lipinski definition) is 3. The molecule has 1 aromatic carbocycles. The Morgan fingerprint density at radius 2 is 1.90 bits per heavy atom. The quantitative estimate of drug-likeness (QED) is 0.859. The van der Waals surface area contributed by atoms with E-state index in [0.29, 0.717) is 18.2 Å². The highest BCUT2D eigenvalue weighted by Gasteiger charge is 2.18. The Balaban J connectivity index is 1.99. The molecule has 0 unspecified atom stereocenters. The molecule has 0 aliphatic carbocycles. The van der Waals surface area contributed by atoms with E-state index in [1.807, 2.05) is 6.07 Å². The normalized spacial score (nSPS) is 16.8. The summed E-state index contributed by atoms with van der Waals surface area (Å²) in [6.45, 7) is 9.73. The largest absolute Gasteiger partial charge is 0.320 e. The minimum Gasteiger partial charge on any atom is -0.320 e. The van der Waals surface area contributed by atoms with Crippen LogP contribution in [0, 0.1) is 17.7 Å². The van der Waals surface area contributed by atoms with Gasteiger partial charge in [-0.25, -0.2) is 4.39 Å². The molecule has 1 saturated heterocycles. The van der Waals surface area contributed by atoms with Gasteiger partial charge in [-0.1, -0.05) is 11.8 Å². The highest BCUT2D eigenvalue weighted by Crippen LogP contribution is 2.13. The molecule has 2 rings (SSSR count). The van der Waals surface area contributed by atoms with Gasteiger partial charge in [-0.05, 0) is 37.6 Å². The predicted octanol–water partition coefficient (Wildman–Crippen LogP) is 1.66. The molecule has 1 aromatic rings. The molecule has 2 N–H and O–H groups in total. The van der Waals surface area contributed by atoms with Crippen LogP contribution in [0.2, 0.25) is 0 Å². The molecule has 1 fully saturated rings. The average molecular weight is 289 g/mol. The molecule has 1 aliphatic rings. The lowest BCUT2D eigenvalue weighted by molar-refractivity contribution is 0.104. The van der Waals surface area contributed by atoms with Crippen LogP contribution in [0.3, 0.4) is 0 Å². The van der Waals surface area contributed by atoms with Gasteiger partial charge >= 0.3 is 0 Å². The van der Waals surface area contributed by atoms with E-state index in [1.54, 1.807) is 6.07 Å². The molecule has 3 nitrogen and oxygen atoms in total. The van der Waals surface area contributed by atoms with Crippen molar-refractivity contribution in [2.75, 3.05) is 32.7 Å². The van der Waals surface area contributed by atoms with Crippen molar-refractivity contribution in [3.8, 4) is 11.8 Å². The number of nitrogens with two attached hydrogens (primary N) is 1. The minimum atomic E-state index is -0.227. The summed E-state index contributed by atoms with van der Waals surface area (Å²) in [5.74, 6) is 5.45. The standard InChI is InChI=1S/C17H24FN3/c1-14(2)21-8-6-20(7-9-21)13-16-10-15(4-3-5-19)11-17(18)12-16/h10-12,14H,5-9,13,19H2,1-2H3. The van der Waals surface area contributed by atoms with Crippen molar-refractivity contribution in [1.29, 1.82) is 0 Å². The Morgan fingerprint density at radius 1 is 1.19 bits per heavy atom. The van der Waals surface area contributed by atoms with Crippen LogP contribution < -0.4 is 5.73 Å². The fourth-order valence-corrected chi connectivity index (χ4v) is 2.66. The molecule has 0 aromatic heterocycles. The van der Waals surface area contributed by atoms with Crippen LogP contribution >= 0.6 is 0 Å². The van der Waals surface area contributed by atoms with Crippen LogP contribution in [-0.4, -0.2) is 48.6 Å². The zero-order valence-corrected chi connectivity index (χ0v) is 12.9. The van der Waals surface area contributed by atoms with E-state index in [0.717, 1.165) is 38.3 Å². The number of rotatable bonds is 3. The van der Waals surface area contributed by atoms with Gasteiger partial charge in [0.15, 0.2) is 0 Å². The van der Waals surface area contributed by atoms with Crippen LogP contribution in [0.25, 0.3) is 0 Å². The zero-order chi connectivity index (χ0) is 15.2. The third kappa shape index (κ3) is 4.82. The molecule has 1 aliphatic heterocycles. The smallest absolute Gasteiger partial charge is 0.124 e. The number of hydrogen-bond donors (Lipinski definition) is 1. The first-order valence-corrected chi connectivity index (χ1v) is 7.53. The Bertz CT molecular complexity index is 523. The third-order valence-electron chi connectivity index (χ3n) is 3.84. The number of piperazine rings is 1. The van der Waals surface area contributed by atoms with Gasteiger partial charge in [-0.2, -0.15) is 0 Å². The molecule has 21 heavy (non-hydrogen) atoms. The summed E-state index contributed by atoms with van der Waals surface area (Å²) in [6, 6.07) is 5.62. The first-order valence-electron chi connectivity index (χ1n) is 7.53. The maximum absolute atomic E-state index is 13.7. The summed E-state index contributed by atoms with van der Waals surface area (Å²) in [7, 11) is 0. The number of benzene rings is 1. The van der Waals surface area contributed by atoms with Crippen LogP contribution in [0.4, 0.5) is 4.39 Å². The van der Waals surface area contributed by atoms with Gasteiger partial charge < -0.3 is 5.73 Å². The molecule has 1 heterocycles. The summed E-state index contributed by atoms with van der Waals surface area (Å²) in [5, 5.41) is 0. The molecule has 0 atom stereocenters. The Hall–Kier alpha value is -1.41. The van der Waals surface area contributed by atoms with Gasteiger partial charge in [0.1, 0.15) is 5.82 Å². The Kier molecular flexibility index (Phi) is 5.75. The molecule has 0 bridgehead atoms. The van der Waals surface area contributed by atoms with Gasteiger partial charge in [0.2, 0.25) is 0 Å². The lowest BCUT2D eigenvalue weighted by Crippen LogP contribution is -2.48. The molecule has 0 saturated carbocycles. The van der Waals surface area contributed by atoms with Crippen molar-refractivity contribution in [3.63, 3.8) is 0 Å². The maximum atomic E-state index is 13.7. The van der Waals surface area contributed by atoms with Gasteiger partial charge in [-0.15, -0.1) is 0 Å². The van der Waals surface area contributed by atoms with Crippen LogP contribution in [0.15, 0.2) is 18.2 Å². The highest BCUT2D eigenvalue weighted by atomic mass is 19.1. The summed E-state index contributed by atoms with van der Waals surface area (Å²) in [5.41, 5.74) is 7.04. The lowest BCUT2D eigenvalue weighted by atomic mass is 10.1. The number of nitrogens with zero attached hydrogens (tertiary/aromatic N) is 2. The second kappa shape index (κ2) is 7.56. The third-order valence-corrected chi connectivity index (χ3v) is 3.84. The van der Waals surface area contributed by atoms with E-state index < -0.39 is 0 Å². The summed E-state index contributed by atoms with van der Waals surface area (Å²) >= 11 is 0. The van der Waals surface area contributed by atoms with Gasteiger partial charge in [0.05, 0.1) is 6.54 Å². The van der Waals surface area contributed by atoms with Crippen molar-refractivity contribution < 1.29 is 4.39 Å². The topological polar surface area (TPSA) is 32.5 Å². The fourth-order valence-electron chi connectivity index (χ4n) is 2.66. The Labute approximate surface area is 126 Å². The van der Waals surface area contributed by atoms with Crippen LogP contribution in [-0.2, 0) is 6.54 Å². The van der Waals surface area contributed by atoms with Crippen molar-refractivity contribution in [2.45, 2.75) is 26.4 Å². The summed E-state index contributed by atoms with van der Waals surface area (Å²) in [6.07, 6.45) is 0. The predicted molar refractivity (Wildman–Crippen MR) is 84.3 cm³/mol. The van der Waals surface area contributed by atoms with Crippen molar-refractivity contribution in [1.82, 2.24) is 9.80 Å². The van der Waals surface area contributed by atoms with Crippen LogP contribution in [0.1, 0.15) is 25.0 Å². The van der Waals surface area contributed by atoms with Crippen molar-refractivity contribution >= 4 is 0 Å². The second-order valence-corrected chi connectivity index (χ2v) is 5.76. The molecule has 4 heteroatoms. The van der Waals surface area contributed by atoms with Crippen molar-refractivity contribution in [3.05, 3.63) is 35.1 Å². The monoisotopic (exact) mass is 289 g/mol. The van der Waals surface area contributed by atoms with E-state index >= 15 is 0 Å². The molecule has 0 spiro atoms.